The van der Waals surface area contributed by atoms with Crippen LogP contribution in [-0.4, -0.2) is 16.7 Å². The molecule has 0 atom stereocenters. The number of ether oxygens (including phenoxy) is 1. The van der Waals surface area contributed by atoms with E-state index in [1.165, 1.54) is 17.7 Å². The second-order valence-electron chi connectivity index (χ2n) is 3.94. The number of halogens is 1. The zero-order valence-corrected chi connectivity index (χ0v) is 12.3. The molecule has 2 aromatic rings. The van der Waals surface area contributed by atoms with E-state index < -0.39 is 0 Å². The van der Waals surface area contributed by atoms with E-state index in [9.17, 15) is 4.79 Å². The lowest BCUT2D eigenvalue weighted by molar-refractivity contribution is 0.350. The van der Waals surface area contributed by atoms with Gasteiger partial charge in [-0.25, -0.2) is 4.98 Å². The van der Waals surface area contributed by atoms with Gasteiger partial charge < -0.3 is 4.74 Å². The lowest BCUT2D eigenvalue weighted by Gasteiger charge is -2.11. The molecular formula is C13H13IN2O2. The molecule has 4 nitrogen and oxygen atoms in total. The van der Waals surface area contributed by atoms with Crippen molar-refractivity contribution < 1.29 is 4.74 Å². The van der Waals surface area contributed by atoms with Crippen LogP contribution in [0.1, 0.15) is 11.3 Å². The maximum absolute atomic E-state index is 11.9. The Morgan fingerprint density at radius 2 is 2.00 bits per heavy atom. The van der Waals surface area contributed by atoms with E-state index in [0.717, 1.165) is 9.13 Å². The van der Waals surface area contributed by atoms with E-state index in [4.69, 9.17) is 4.74 Å². The van der Waals surface area contributed by atoms with Crippen molar-refractivity contribution in [3.05, 3.63) is 55.5 Å². The molecule has 0 N–H and O–H groups in total. The molecule has 1 aromatic carbocycles. The molecule has 0 amide bonds. The Hall–Kier alpha value is -1.37. The molecule has 5 heteroatoms. The predicted octanol–water partition coefficient (Wildman–Crippen LogP) is 2.21. The maximum atomic E-state index is 11.9. The molecule has 1 aromatic heterocycles. The molecule has 0 aliphatic rings. The highest BCUT2D eigenvalue weighted by Crippen LogP contribution is 2.11. The number of hydrogen-bond donors (Lipinski definition) is 0. The first-order chi connectivity index (χ1) is 8.60. The zero-order chi connectivity index (χ0) is 13.1. The van der Waals surface area contributed by atoms with Crippen molar-refractivity contribution in [2.75, 3.05) is 7.11 Å². The molecule has 2 rings (SSSR count). The number of methoxy groups -OCH3 is 1. The first kappa shape index (κ1) is 13.1. The molecule has 0 unspecified atom stereocenters. The van der Waals surface area contributed by atoms with Gasteiger partial charge in [0, 0.05) is 15.3 Å². The van der Waals surface area contributed by atoms with Crippen LogP contribution in [0.2, 0.25) is 0 Å². The van der Waals surface area contributed by atoms with E-state index >= 15 is 0 Å². The fourth-order valence-corrected chi connectivity index (χ4v) is 2.03. The second-order valence-corrected chi connectivity index (χ2v) is 5.18. The van der Waals surface area contributed by atoms with E-state index in [0.29, 0.717) is 18.2 Å². The Labute approximate surface area is 119 Å². The number of nitrogens with zero attached hydrogens (tertiary/aromatic N) is 2. The van der Waals surface area contributed by atoms with Gasteiger partial charge in [0.2, 0.25) is 0 Å². The molecule has 0 fully saturated rings. The van der Waals surface area contributed by atoms with Crippen molar-refractivity contribution in [2.45, 2.75) is 13.5 Å². The van der Waals surface area contributed by atoms with Crippen LogP contribution in [-0.2, 0) is 6.54 Å². The summed E-state index contributed by atoms with van der Waals surface area (Å²) in [6, 6.07) is 9.86. The van der Waals surface area contributed by atoms with Gasteiger partial charge in [-0.1, -0.05) is 12.1 Å². The van der Waals surface area contributed by atoms with Crippen molar-refractivity contribution in [2.24, 2.45) is 0 Å². The third-order valence-electron chi connectivity index (χ3n) is 2.54. The minimum atomic E-state index is -0.0992. The molecule has 1 heterocycles. The molecular weight excluding hydrogens is 343 g/mol. The summed E-state index contributed by atoms with van der Waals surface area (Å²) in [6.45, 7) is 2.24. The summed E-state index contributed by atoms with van der Waals surface area (Å²) >= 11 is 2.25. The highest BCUT2D eigenvalue weighted by Gasteiger charge is 2.07. The average molecular weight is 356 g/mol. The fourth-order valence-electron chi connectivity index (χ4n) is 1.67. The summed E-state index contributed by atoms with van der Waals surface area (Å²) in [6.07, 6.45) is 0. The van der Waals surface area contributed by atoms with Crippen molar-refractivity contribution in [1.82, 2.24) is 9.55 Å². The van der Waals surface area contributed by atoms with Crippen molar-refractivity contribution in [3.8, 4) is 6.01 Å². The average Bonchev–Trinajstić information content (AvgIpc) is 2.34. The normalized spacial score (nSPS) is 10.4. The van der Waals surface area contributed by atoms with Gasteiger partial charge in [-0.3, -0.25) is 9.36 Å². The van der Waals surface area contributed by atoms with Gasteiger partial charge in [0.25, 0.3) is 11.6 Å². The summed E-state index contributed by atoms with van der Waals surface area (Å²) in [5.41, 5.74) is 1.61. The quantitative estimate of drug-likeness (QED) is 0.793. The first-order valence-corrected chi connectivity index (χ1v) is 6.55. The largest absolute Gasteiger partial charge is 0.468 e. The Morgan fingerprint density at radius 1 is 1.33 bits per heavy atom. The molecule has 0 saturated carbocycles. The van der Waals surface area contributed by atoms with Crippen LogP contribution in [0, 0.1) is 10.5 Å². The molecule has 0 radical (unpaired) electrons. The smallest absolute Gasteiger partial charge is 0.299 e. The van der Waals surface area contributed by atoms with Crippen LogP contribution in [0.4, 0.5) is 0 Å². The summed E-state index contributed by atoms with van der Waals surface area (Å²) < 4.78 is 7.84. The van der Waals surface area contributed by atoms with Crippen LogP contribution in [0.3, 0.4) is 0 Å². The summed E-state index contributed by atoms with van der Waals surface area (Å²) in [7, 11) is 1.52. The van der Waals surface area contributed by atoms with Crippen molar-refractivity contribution >= 4 is 22.6 Å². The SMILES string of the molecule is COc1nc(C)cc(=O)n1Cc1ccc(I)cc1. The summed E-state index contributed by atoms with van der Waals surface area (Å²) in [4.78, 5) is 16.1. The summed E-state index contributed by atoms with van der Waals surface area (Å²) in [5, 5.41) is 0. The Balaban J connectivity index is 2.39. The Kier molecular flexibility index (Phi) is 4.00. The zero-order valence-electron chi connectivity index (χ0n) is 10.2. The third kappa shape index (κ3) is 2.90. The number of benzene rings is 1. The van der Waals surface area contributed by atoms with Gasteiger partial charge in [0.1, 0.15) is 0 Å². The number of aromatic nitrogens is 2. The molecule has 0 aliphatic heterocycles. The van der Waals surface area contributed by atoms with Gasteiger partial charge in [0.15, 0.2) is 0 Å². The van der Waals surface area contributed by atoms with Crippen LogP contribution in [0.25, 0.3) is 0 Å². The highest BCUT2D eigenvalue weighted by atomic mass is 127. The molecule has 0 spiro atoms. The highest BCUT2D eigenvalue weighted by molar-refractivity contribution is 14.1. The van der Waals surface area contributed by atoms with E-state index in [2.05, 4.69) is 27.6 Å². The van der Waals surface area contributed by atoms with Crippen molar-refractivity contribution in [3.63, 3.8) is 0 Å². The van der Waals surface area contributed by atoms with Crippen LogP contribution < -0.4 is 10.3 Å². The lowest BCUT2D eigenvalue weighted by atomic mass is 10.2. The Bertz CT molecular complexity index is 605. The third-order valence-corrected chi connectivity index (χ3v) is 3.26. The number of rotatable bonds is 3. The minimum Gasteiger partial charge on any atom is -0.468 e. The molecule has 94 valence electrons. The standard InChI is InChI=1S/C13H13IN2O2/c1-9-7-12(17)16(13(15-9)18-2)8-10-3-5-11(14)6-4-10/h3-7H,8H2,1-2H3. The predicted molar refractivity (Wildman–Crippen MR) is 78.0 cm³/mol. The van der Waals surface area contributed by atoms with E-state index in [-0.39, 0.29) is 5.56 Å². The topological polar surface area (TPSA) is 44.1 Å². The van der Waals surface area contributed by atoms with Gasteiger partial charge >= 0.3 is 0 Å². The van der Waals surface area contributed by atoms with Gasteiger partial charge in [-0.15, -0.1) is 0 Å². The van der Waals surface area contributed by atoms with Crippen LogP contribution in [0.15, 0.2) is 35.1 Å². The van der Waals surface area contributed by atoms with Crippen molar-refractivity contribution in [1.29, 1.82) is 0 Å². The lowest BCUT2D eigenvalue weighted by Crippen LogP contribution is -2.23. The number of hydrogen-bond acceptors (Lipinski definition) is 3. The van der Waals surface area contributed by atoms with E-state index in [1.807, 2.05) is 24.3 Å². The van der Waals surface area contributed by atoms with E-state index in [1.54, 1.807) is 6.92 Å². The Morgan fingerprint density at radius 3 is 2.61 bits per heavy atom. The van der Waals surface area contributed by atoms with Crippen LogP contribution in [0.5, 0.6) is 6.01 Å². The van der Waals surface area contributed by atoms with Gasteiger partial charge in [-0.05, 0) is 47.2 Å². The number of aryl methyl sites for hydroxylation is 1. The van der Waals surface area contributed by atoms with Gasteiger partial charge in [0.05, 0.1) is 13.7 Å². The monoisotopic (exact) mass is 356 g/mol. The molecule has 0 saturated heterocycles. The maximum Gasteiger partial charge on any atom is 0.299 e. The van der Waals surface area contributed by atoms with Gasteiger partial charge in [-0.2, -0.15) is 0 Å². The minimum absolute atomic E-state index is 0.0992. The summed E-state index contributed by atoms with van der Waals surface area (Å²) in [5.74, 6) is 0. The molecule has 0 aliphatic carbocycles. The van der Waals surface area contributed by atoms with Crippen LogP contribution >= 0.6 is 22.6 Å². The fraction of sp³-hybridized carbons (Fsp3) is 0.231. The first-order valence-electron chi connectivity index (χ1n) is 5.47. The second kappa shape index (κ2) is 5.51. The molecule has 18 heavy (non-hydrogen) atoms. The molecule has 0 bridgehead atoms.